The van der Waals surface area contributed by atoms with Crippen LogP contribution in [-0.4, -0.2) is 11.4 Å². The van der Waals surface area contributed by atoms with Crippen molar-refractivity contribution in [3.05, 3.63) is 34.6 Å². The quantitative estimate of drug-likeness (QED) is 0.793. The standard InChI is InChI=1S/C12H16Cl2FN/c1-12(2,5-6-13)16-8-9-3-4-10(15)7-11(9)14/h3-4,7,16H,5-6,8H2,1-2H3. The van der Waals surface area contributed by atoms with Crippen LogP contribution in [0.25, 0.3) is 0 Å². The summed E-state index contributed by atoms with van der Waals surface area (Å²) in [5.74, 6) is 0.297. The second-order valence-electron chi connectivity index (χ2n) is 4.41. The molecular weight excluding hydrogens is 248 g/mol. The van der Waals surface area contributed by atoms with Gasteiger partial charge in [-0.25, -0.2) is 4.39 Å². The maximum atomic E-state index is 12.8. The van der Waals surface area contributed by atoms with Gasteiger partial charge in [0.15, 0.2) is 0 Å². The third kappa shape index (κ3) is 4.28. The Hall–Kier alpha value is -0.310. The largest absolute Gasteiger partial charge is 0.308 e. The van der Waals surface area contributed by atoms with Gasteiger partial charge in [-0.3, -0.25) is 0 Å². The maximum Gasteiger partial charge on any atom is 0.124 e. The Morgan fingerprint density at radius 1 is 1.38 bits per heavy atom. The second kappa shape index (κ2) is 5.85. The van der Waals surface area contributed by atoms with Gasteiger partial charge in [-0.05, 0) is 38.0 Å². The first-order chi connectivity index (χ1) is 7.44. The van der Waals surface area contributed by atoms with Crippen LogP contribution in [0.4, 0.5) is 4.39 Å². The zero-order chi connectivity index (χ0) is 12.2. The smallest absolute Gasteiger partial charge is 0.124 e. The number of rotatable bonds is 5. The summed E-state index contributed by atoms with van der Waals surface area (Å²) in [5.41, 5.74) is 0.852. The lowest BCUT2D eigenvalue weighted by Crippen LogP contribution is -2.39. The molecular formula is C12H16Cl2FN. The monoisotopic (exact) mass is 263 g/mol. The van der Waals surface area contributed by atoms with Crippen LogP contribution < -0.4 is 5.32 Å². The van der Waals surface area contributed by atoms with E-state index in [4.69, 9.17) is 23.2 Å². The number of halogens is 3. The Kier molecular flexibility index (Phi) is 5.03. The molecule has 0 saturated heterocycles. The maximum absolute atomic E-state index is 12.8. The van der Waals surface area contributed by atoms with Crippen LogP contribution in [0.1, 0.15) is 25.8 Å². The van der Waals surface area contributed by atoms with Gasteiger partial charge < -0.3 is 5.32 Å². The Morgan fingerprint density at radius 2 is 2.06 bits per heavy atom. The van der Waals surface area contributed by atoms with Gasteiger partial charge in [0.25, 0.3) is 0 Å². The van der Waals surface area contributed by atoms with Gasteiger partial charge >= 0.3 is 0 Å². The van der Waals surface area contributed by atoms with Crippen LogP contribution >= 0.6 is 23.2 Å². The highest BCUT2D eigenvalue weighted by atomic mass is 35.5. The molecule has 0 unspecified atom stereocenters. The van der Waals surface area contributed by atoms with Gasteiger partial charge in [-0.15, -0.1) is 11.6 Å². The molecule has 0 bridgehead atoms. The zero-order valence-electron chi connectivity index (χ0n) is 9.49. The molecule has 0 atom stereocenters. The lowest BCUT2D eigenvalue weighted by atomic mass is 10.0. The number of hydrogen-bond donors (Lipinski definition) is 1. The van der Waals surface area contributed by atoms with E-state index in [-0.39, 0.29) is 11.4 Å². The van der Waals surface area contributed by atoms with Crippen LogP contribution in [0.2, 0.25) is 5.02 Å². The lowest BCUT2D eigenvalue weighted by molar-refractivity contribution is 0.376. The van der Waals surface area contributed by atoms with E-state index >= 15 is 0 Å². The van der Waals surface area contributed by atoms with Crippen molar-refractivity contribution >= 4 is 23.2 Å². The molecule has 0 heterocycles. The van der Waals surface area contributed by atoms with Crippen molar-refractivity contribution in [1.29, 1.82) is 0 Å². The summed E-state index contributed by atoms with van der Waals surface area (Å²) in [6.45, 7) is 4.77. The Balaban J connectivity index is 2.61. The van der Waals surface area contributed by atoms with Crippen LogP contribution in [0.3, 0.4) is 0 Å². The molecule has 0 aliphatic heterocycles. The first kappa shape index (κ1) is 13.8. The summed E-state index contributed by atoms with van der Waals surface area (Å²) in [6, 6.07) is 4.44. The van der Waals surface area contributed by atoms with E-state index < -0.39 is 0 Å². The molecule has 0 amide bonds. The average molecular weight is 264 g/mol. The molecule has 4 heteroatoms. The number of benzene rings is 1. The first-order valence-corrected chi connectivity index (χ1v) is 6.11. The number of alkyl halides is 1. The summed E-state index contributed by atoms with van der Waals surface area (Å²) >= 11 is 11.6. The minimum absolute atomic E-state index is 0.0422. The molecule has 0 radical (unpaired) electrons. The van der Waals surface area contributed by atoms with E-state index in [2.05, 4.69) is 19.2 Å². The minimum atomic E-state index is -0.311. The van der Waals surface area contributed by atoms with Crippen molar-refractivity contribution in [3.8, 4) is 0 Å². The minimum Gasteiger partial charge on any atom is -0.308 e. The lowest BCUT2D eigenvalue weighted by Gasteiger charge is -2.25. The van der Waals surface area contributed by atoms with Crippen molar-refractivity contribution in [3.63, 3.8) is 0 Å². The Bertz CT molecular complexity index is 353. The molecule has 0 aromatic heterocycles. The van der Waals surface area contributed by atoms with Gasteiger partial charge in [-0.2, -0.15) is 0 Å². The third-order valence-corrected chi connectivity index (χ3v) is 3.03. The van der Waals surface area contributed by atoms with Crippen LogP contribution in [-0.2, 0) is 6.54 Å². The predicted molar refractivity (Wildman–Crippen MR) is 67.7 cm³/mol. The van der Waals surface area contributed by atoms with E-state index in [1.807, 2.05) is 0 Å². The SMILES string of the molecule is CC(C)(CCCl)NCc1ccc(F)cc1Cl. The van der Waals surface area contributed by atoms with Gasteiger partial charge in [-0.1, -0.05) is 17.7 Å². The average Bonchev–Trinajstić information content (AvgIpc) is 2.16. The Labute approximate surface area is 106 Å². The number of hydrogen-bond acceptors (Lipinski definition) is 1. The second-order valence-corrected chi connectivity index (χ2v) is 5.20. The van der Waals surface area contributed by atoms with Gasteiger partial charge in [0.1, 0.15) is 5.82 Å². The normalized spacial score (nSPS) is 11.8. The highest BCUT2D eigenvalue weighted by Crippen LogP contribution is 2.18. The zero-order valence-corrected chi connectivity index (χ0v) is 11.0. The molecule has 0 aliphatic carbocycles. The van der Waals surface area contributed by atoms with Crippen LogP contribution in [0.15, 0.2) is 18.2 Å². The van der Waals surface area contributed by atoms with Crippen molar-refractivity contribution in [2.45, 2.75) is 32.4 Å². The molecule has 1 rings (SSSR count). The van der Waals surface area contributed by atoms with Crippen molar-refractivity contribution < 1.29 is 4.39 Å². The van der Waals surface area contributed by atoms with Crippen molar-refractivity contribution in [2.24, 2.45) is 0 Å². The first-order valence-electron chi connectivity index (χ1n) is 5.19. The topological polar surface area (TPSA) is 12.0 Å². The summed E-state index contributed by atoms with van der Waals surface area (Å²) in [7, 11) is 0. The fourth-order valence-corrected chi connectivity index (χ4v) is 2.03. The van der Waals surface area contributed by atoms with Crippen LogP contribution in [0, 0.1) is 5.82 Å². The fraction of sp³-hybridized carbons (Fsp3) is 0.500. The van der Waals surface area contributed by atoms with E-state index in [0.29, 0.717) is 17.4 Å². The molecule has 0 fully saturated rings. The van der Waals surface area contributed by atoms with E-state index in [9.17, 15) is 4.39 Å². The summed E-state index contributed by atoms with van der Waals surface area (Å²) in [4.78, 5) is 0. The predicted octanol–water partition coefficient (Wildman–Crippen LogP) is 3.98. The molecule has 1 aromatic carbocycles. The molecule has 1 aromatic rings. The molecule has 1 N–H and O–H groups in total. The molecule has 0 saturated carbocycles. The summed E-state index contributed by atoms with van der Waals surface area (Å²) < 4.78 is 12.8. The highest BCUT2D eigenvalue weighted by Gasteiger charge is 2.16. The molecule has 90 valence electrons. The number of nitrogens with one attached hydrogen (secondary N) is 1. The molecule has 16 heavy (non-hydrogen) atoms. The van der Waals surface area contributed by atoms with Crippen molar-refractivity contribution in [2.75, 3.05) is 5.88 Å². The third-order valence-electron chi connectivity index (χ3n) is 2.49. The molecule has 0 spiro atoms. The van der Waals surface area contributed by atoms with E-state index in [1.165, 1.54) is 12.1 Å². The van der Waals surface area contributed by atoms with Gasteiger partial charge in [0.05, 0.1) is 0 Å². The van der Waals surface area contributed by atoms with Gasteiger partial charge in [0.2, 0.25) is 0 Å². The van der Waals surface area contributed by atoms with Crippen molar-refractivity contribution in [1.82, 2.24) is 5.32 Å². The Morgan fingerprint density at radius 3 is 2.62 bits per heavy atom. The summed E-state index contributed by atoms with van der Waals surface area (Å²) in [6.07, 6.45) is 0.868. The van der Waals surface area contributed by atoms with E-state index in [1.54, 1.807) is 6.07 Å². The van der Waals surface area contributed by atoms with Crippen LogP contribution in [0.5, 0.6) is 0 Å². The molecule has 0 aliphatic rings. The fourth-order valence-electron chi connectivity index (χ4n) is 1.32. The van der Waals surface area contributed by atoms with Gasteiger partial charge in [0, 0.05) is 23.0 Å². The van der Waals surface area contributed by atoms with E-state index in [0.717, 1.165) is 12.0 Å². The summed E-state index contributed by atoms with van der Waals surface area (Å²) in [5, 5.41) is 3.80. The highest BCUT2D eigenvalue weighted by molar-refractivity contribution is 6.31. The molecule has 1 nitrogen and oxygen atoms in total.